The number of carbonyl (C=O) groups excluding carboxylic acids is 1. The summed E-state index contributed by atoms with van der Waals surface area (Å²) >= 11 is 5.77. The summed E-state index contributed by atoms with van der Waals surface area (Å²) in [6, 6.07) is 24.7. The van der Waals surface area contributed by atoms with Crippen LogP contribution >= 0.6 is 12.2 Å². The van der Waals surface area contributed by atoms with Gasteiger partial charge in [0.25, 0.3) is 0 Å². The molecule has 1 aliphatic heterocycles. The zero-order chi connectivity index (χ0) is 23.7. The standard InChI is InChI=1S/C27H23N3O3S/c1-17-6-5-7-20(16-17)30-25(24(29-27(30)34)21-8-3-4-15-28-21)23-14-13-22(33-23)18-9-11-19(12-10-18)26(31)32-2/h3-16,24-25H,1-2H3,(H,29,34). The van der Waals surface area contributed by atoms with Gasteiger partial charge >= 0.3 is 5.97 Å². The molecule has 0 aliphatic carbocycles. The molecule has 0 saturated carbocycles. The normalized spacial score (nSPS) is 17.5. The Hall–Kier alpha value is -3.97. The molecular formula is C27H23N3O3S. The van der Waals surface area contributed by atoms with E-state index in [1.165, 1.54) is 7.11 Å². The van der Waals surface area contributed by atoms with E-state index in [0.717, 1.165) is 28.3 Å². The van der Waals surface area contributed by atoms with Crippen LogP contribution in [0.15, 0.2) is 89.5 Å². The molecule has 2 aromatic carbocycles. The van der Waals surface area contributed by atoms with Gasteiger partial charge < -0.3 is 19.4 Å². The number of furan rings is 1. The smallest absolute Gasteiger partial charge is 0.337 e. The van der Waals surface area contributed by atoms with Crippen LogP contribution in [0.1, 0.15) is 39.5 Å². The average molecular weight is 470 g/mol. The van der Waals surface area contributed by atoms with E-state index in [4.69, 9.17) is 21.4 Å². The number of ether oxygens (including phenoxy) is 1. The lowest BCUT2D eigenvalue weighted by Gasteiger charge is -2.26. The molecule has 2 atom stereocenters. The highest BCUT2D eigenvalue weighted by molar-refractivity contribution is 7.80. The van der Waals surface area contributed by atoms with Gasteiger partial charge in [-0.3, -0.25) is 4.98 Å². The monoisotopic (exact) mass is 469 g/mol. The minimum atomic E-state index is -0.371. The van der Waals surface area contributed by atoms with Crippen molar-refractivity contribution >= 4 is 29.0 Å². The van der Waals surface area contributed by atoms with Crippen molar-refractivity contribution in [1.29, 1.82) is 0 Å². The molecule has 170 valence electrons. The van der Waals surface area contributed by atoms with Gasteiger partial charge in [0.05, 0.1) is 24.4 Å². The number of aromatic nitrogens is 1. The van der Waals surface area contributed by atoms with E-state index in [1.54, 1.807) is 18.3 Å². The molecule has 1 fully saturated rings. The Labute approximate surface area is 203 Å². The fourth-order valence-electron chi connectivity index (χ4n) is 4.26. The highest BCUT2D eigenvalue weighted by Gasteiger charge is 2.42. The molecule has 0 radical (unpaired) electrons. The first-order valence-corrected chi connectivity index (χ1v) is 11.3. The number of hydrogen-bond donors (Lipinski definition) is 1. The highest BCUT2D eigenvalue weighted by atomic mass is 32.1. The van der Waals surface area contributed by atoms with Gasteiger partial charge in [0.15, 0.2) is 5.11 Å². The van der Waals surface area contributed by atoms with Gasteiger partial charge in [-0.05, 0) is 73.2 Å². The van der Waals surface area contributed by atoms with E-state index < -0.39 is 0 Å². The average Bonchev–Trinajstić information content (AvgIpc) is 3.49. The van der Waals surface area contributed by atoms with Gasteiger partial charge in [-0.1, -0.05) is 30.3 Å². The van der Waals surface area contributed by atoms with Gasteiger partial charge in [0, 0.05) is 17.4 Å². The van der Waals surface area contributed by atoms with E-state index in [1.807, 2.05) is 54.6 Å². The molecule has 6 nitrogen and oxygen atoms in total. The van der Waals surface area contributed by atoms with Crippen LogP contribution in [0.5, 0.6) is 0 Å². The zero-order valence-corrected chi connectivity index (χ0v) is 19.6. The van der Waals surface area contributed by atoms with Crippen molar-refractivity contribution in [3.8, 4) is 11.3 Å². The van der Waals surface area contributed by atoms with Crippen molar-refractivity contribution in [3.63, 3.8) is 0 Å². The van der Waals surface area contributed by atoms with Gasteiger partial charge in [-0.15, -0.1) is 0 Å². The quantitative estimate of drug-likeness (QED) is 0.301. The number of rotatable bonds is 5. The Kier molecular flexibility index (Phi) is 5.86. The van der Waals surface area contributed by atoms with Crippen LogP contribution in [0.25, 0.3) is 11.3 Å². The van der Waals surface area contributed by atoms with Crippen LogP contribution in [0.2, 0.25) is 0 Å². The molecule has 1 saturated heterocycles. The summed E-state index contributed by atoms with van der Waals surface area (Å²) in [5, 5.41) is 4.06. The van der Waals surface area contributed by atoms with Crippen LogP contribution in [-0.2, 0) is 4.74 Å². The number of benzene rings is 2. The van der Waals surface area contributed by atoms with Crippen LogP contribution < -0.4 is 10.2 Å². The minimum Gasteiger partial charge on any atom is -0.465 e. The Morgan fingerprint density at radius 2 is 1.88 bits per heavy atom. The molecule has 0 bridgehead atoms. The largest absolute Gasteiger partial charge is 0.465 e. The van der Waals surface area contributed by atoms with Gasteiger partial charge in [0.2, 0.25) is 0 Å². The molecule has 7 heteroatoms. The molecule has 2 aromatic heterocycles. The molecule has 0 spiro atoms. The number of esters is 1. The maximum Gasteiger partial charge on any atom is 0.337 e. The molecule has 3 heterocycles. The highest BCUT2D eigenvalue weighted by Crippen LogP contribution is 2.43. The van der Waals surface area contributed by atoms with Crippen molar-refractivity contribution in [1.82, 2.24) is 10.3 Å². The van der Waals surface area contributed by atoms with Crippen LogP contribution in [0.3, 0.4) is 0 Å². The van der Waals surface area contributed by atoms with Crippen molar-refractivity contribution in [2.75, 3.05) is 12.0 Å². The number of nitrogens with zero attached hydrogens (tertiary/aromatic N) is 2. The molecule has 2 unspecified atom stereocenters. The van der Waals surface area contributed by atoms with Crippen molar-refractivity contribution < 1.29 is 13.9 Å². The summed E-state index contributed by atoms with van der Waals surface area (Å²) in [5.41, 5.74) is 4.37. The molecule has 1 N–H and O–H groups in total. The number of nitrogens with one attached hydrogen (secondary N) is 1. The molecular weight excluding hydrogens is 446 g/mol. The number of methoxy groups -OCH3 is 1. The van der Waals surface area contributed by atoms with Crippen molar-refractivity contribution in [2.45, 2.75) is 19.0 Å². The molecule has 0 amide bonds. The minimum absolute atomic E-state index is 0.185. The predicted molar refractivity (Wildman–Crippen MR) is 135 cm³/mol. The second-order valence-electron chi connectivity index (χ2n) is 8.11. The lowest BCUT2D eigenvalue weighted by atomic mass is 10.0. The first-order chi connectivity index (χ1) is 16.5. The van der Waals surface area contributed by atoms with Crippen LogP contribution in [0.4, 0.5) is 5.69 Å². The Bertz CT molecular complexity index is 1330. The lowest BCUT2D eigenvalue weighted by molar-refractivity contribution is 0.0600. The van der Waals surface area contributed by atoms with E-state index in [0.29, 0.717) is 16.4 Å². The number of pyridine rings is 1. The summed E-state index contributed by atoms with van der Waals surface area (Å²) in [4.78, 5) is 18.4. The van der Waals surface area contributed by atoms with Crippen LogP contribution in [-0.4, -0.2) is 23.2 Å². The van der Waals surface area contributed by atoms with E-state index in [2.05, 4.69) is 34.3 Å². The fraction of sp³-hybridized carbons (Fsp3) is 0.148. The molecule has 34 heavy (non-hydrogen) atoms. The van der Waals surface area contributed by atoms with E-state index >= 15 is 0 Å². The third-order valence-corrected chi connectivity index (χ3v) is 6.20. The predicted octanol–water partition coefficient (Wildman–Crippen LogP) is 5.61. The van der Waals surface area contributed by atoms with Gasteiger partial charge in [-0.2, -0.15) is 0 Å². The van der Waals surface area contributed by atoms with Gasteiger partial charge in [-0.25, -0.2) is 4.79 Å². The summed E-state index contributed by atoms with van der Waals surface area (Å²) in [6.45, 7) is 2.06. The van der Waals surface area contributed by atoms with E-state index in [-0.39, 0.29) is 18.1 Å². The first kappa shape index (κ1) is 21.9. The topological polar surface area (TPSA) is 67.6 Å². The molecule has 4 aromatic rings. The van der Waals surface area contributed by atoms with E-state index in [9.17, 15) is 4.79 Å². The Balaban J connectivity index is 1.55. The van der Waals surface area contributed by atoms with Crippen molar-refractivity contribution in [2.24, 2.45) is 0 Å². The number of hydrogen-bond acceptors (Lipinski definition) is 5. The Morgan fingerprint density at radius 3 is 2.59 bits per heavy atom. The number of aryl methyl sites for hydroxylation is 1. The molecule has 1 aliphatic rings. The summed E-state index contributed by atoms with van der Waals surface area (Å²) in [7, 11) is 1.37. The zero-order valence-electron chi connectivity index (χ0n) is 18.8. The number of anilines is 1. The summed E-state index contributed by atoms with van der Waals surface area (Å²) < 4.78 is 11.2. The van der Waals surface area contributed by atoms with Crippen LogP contribution in [0, 0.1) is 6.92 Å². The maximum absolute atomic E-state index is 11.8. The lowest BCUT2D eigenvalue weighted by Crippen LogP contribution is -2.29. The fourth-order valence-corrected chi connectivity index (χ4v) is 4.60. The van der Waals surface area contributed by atoms with Gasteiger partial charge in [0.1, 0.15) is 17.6 Å². The maximum atomic E-state index is 11.8. The third kappa shape index (κ3) is 4.06. The Morgan fingerprint density at radius 1 is 1.06 bits per heavy atom. The summed E-state index contributed by atoms with van der Waals surface area (Å²) in [6.07, 6.45) is 1.78. The first-order valence-electron chi connectivity index (χ1n) is 10.9. The number of carbonyl (C=O) groups is 1. The second-order valence-corrected chi connectivity index (χ2v) is 8.49. The SMILES string of the molecule is COC(=O)c1ccc(-c2ccc(C3C(c4ccccn4)NC(=S)N3c3cccc(C)c3)o2)cc1. The van der Waals surface area contributed by atoms with Crippen molar-refractivity contribution in [3.05, 3.63) is 108 Å². The third-order valence-electron chi connectivity index (χ3n) is 5.89. The summed E-state index contributed by atoms with van der Waals surface area (Å²) in [5.74, 6) is 1.09. The molecule has 5 rings (SSSR count). The second kappa shape index (κ2) is 9.11. The number of thiocarbonyl (C=S) groups is 1.